The van der Waals surface area contributed by atoms with E-state index in [1.807, 2.05) is 10.7 Å². The SMILES string of the molecule is CC(C)n1nccc1CNCc1ccc(O)cc1O.Cl. The van der Waals surface area contributed by atoms with E-state index in [1.165, 1.54) is 6.07 Å². The Kier molecular flexibility index (Phi) is 5.85. The van der Waals surface area contributed by atoms with Gasteiger partial charge in [0.15, 0.2) is 0 Å². The number of phenolic OH excluding ortho intramolecular Hbond substituents is 2. The van der Waals surface area contributed by atoms with E-state index in [1.54, 1.807) is 18.3 Å². The molecule has 3 N–H and O–H groups in total. The minimum absolute atomic E-state index is 0. The van der Waals surface area contributed by atoms with Crippen molar-refractivity contribution in [2.45, 2.75) is 33.0 Å². The molecule has 0 amide bonds. The average molecular weight is 298 g/mol. The van der Waals surface area contributed by atoms with Gasteiger partial charge in [-0.05, 0) is 26.0 Å². The average Bonchev–Trinajstić information content (AvgIpc) is 2.80. The molecule has 0 spiro atoms. The molecule has 6 heteroatoms. The lowest BCUT2D eigenvalue weighted by Gasteiger charge is -2.12. The van der Waals surface area contributed by atoms with Gasteiger partial charge in [0.05, 0.1) is 5.69 Å². The van der Waals surface area contributed by atoms with Crippen molar-refractivity contribution in [1.82, 2.24) is 15.1 Å². The summed E-state index contributed by atoms with van der Waals surface area (Å²) in [4.78, 5) is 0. The Morgan fingerprint density at radius 1 is 1.20 bits per heavy atom. The monoisotopic (exact) mass is 297 g/mol. The van der Waals surface area contributed by atoms with Gasteiger partial charge in [-0.1, -0.05) is 6.07 Å². The zero-order valence-electron chi connectivity index (χ0n) is 11.6. The largest absolute Gasteiger partial charge is 0.508 e. The third-order valence-corrected chi connectivity index (χ3v) is 2.93. The second-order valence-electron chi connectivity index (χ2n) is 4.78. The number of phenols is 2. The zero-order chi connectivity index (χ0) is 13.8. The molecule has 0 aliphatic rings. The molecule has 20 heavy (non-hydrogen) atoms. The number of aromatic hydroxyl groups is 2. The van der Waals surface area contributed by atoms with Gasteiger partial charge in [-0.2, -0.15) is 5.10 Å². The standard InChI is InChI=1S/C14H19N3O2.ClH/c1-10(2)17-12(5-6-16-17)9-15-8-11-3-4-13(18)7-14(11)19;/h3-7,10,15,18-19H,8-9H2,1-2H3;1H. The summed E-state index contributed by atoms with van der Waals surface area (Å²) >= 11 is 0. The summed E-state index contributed by atoms with van der Waals surface area (Å²) in [6, 6.07) is 6.92. The third-order valence-electron chi connectivity index (χ3n) is 2.93. The van der Waals surface area contributed by atoms with Gasteiger partial charge in [-0.25, -0.2) is 0 Å². The van der Waals surface area contributed by atoms with Crippen LogP contribution in [0, 0.1) is 0 Å². The second-order valence-corrected chi connectivity index (χ2v) is 4.78. The quantitative estimate of drug-likeness (QED) is 0.793. The molecule has 2 aromatic rings. The Balaban J connectivity index is 0.00000200. The van der Waals surface area contributed by atoms with Gasteiger partial charge in [-0.3, -0.25) is 4.68 Å². The number of aromatic nitrogens is 2. The first kappa shape index (κ1) is 16.3. The molecule has 0 radical (unpaired) electrons. The van der Waals surface area contributed by atoms with Crippen molar-refractivity contribution in [3.63, 3.8) is 0 Å². The van der Waals surface area contributed by atoms with Gasteiger partial charge in [0.25, 0.3) is 0 Å². The topological polar surface area (TPSA) is 70.3 Å². The van der Waals surface area contributed by atoms with Crippen molar-refractivity contribution < 1.29 is 10.2 Å². The maximum absolute atomic E-state index is 9.67. The van der Waals surface area contributed by atoms with E-state index in [-0.39, 0.29) is 23.9 Å². The minimum Gasteiger partial charge on any atom is -0.508 e. The van der Waals surface area contributed by atoms with Crippen LogP contribution < -0.4 is 5.32 Å². The summed E-state index contributed by atoms with van der Waals surface area (Å²) in [5.41, 5.74) is 1.86. The minimum atomic E-state index is 0. The van der Waals surface area contributed by atoms with Gasteiger partial charge >= 0.3 is 0 Å². The van der Waals surface area contributed by atoms with Crippen molar-refractivity contribution in [1.29, 1.82) is 0 Å². The van der Waals surface area contributed by atoms with Crippen LogP contribution in [0.25, 0.3) is 0 Å². The lowest BCUT2D eigenvalue weighted by Crippen LogP contribution is -2.17. The van der Waals surface area contributed by atoms with Crippen molar-refractivity contribution in [3.05, 3.63) is 41.7 Å². The Morgan fingerprint density at radius 2 is 1.95 bits per heavy atom. The van der Waals surface area contributed by atoms with Gasteiger partial charge in [0, 0.05) is 37.0 Å². The van der Waals surface area contributed by atoms with Crippen LogP contribution in [-0.2, 0) is 13.1 Å². The normalized spacial score (nSPS) is 10.6. The van der Waals surface area contributed by atoms with Crippen LogP contribution in [0.3, 0.4) is 0 Å². The molecule has 0 bridgehead atoms. The molecular formula is C14H20ClN3O2. The zero-order valence-corrected chi connectivity index (χ0v) is 12.4. The summed E-state index contributed by atoms with van der Waals surface area (Å²) < 4.78 is 1.96. The highest BCUT2D eigenvalue weighted by molar-refractivity contribution is 5.85. The first-order valence-electron chi connectivity index (χ1n) is 6.32. The molecule has 0 saturated heterocycles. The summed E-state index contributed by atoms with van der Waals surface area (Å²) in [6.07, 6.45) is 1.79. The van der Waals surface area contributed by atoms with Crippen molar-refractivity contribution in [2.24, 2.45) is 0 Å². The molecule has 0 fully saturated rings. The Morgan fingerprint density at radius 3 is 2.60 bits per heavy atom. The molecule has 110 valence electrons. The fraction of sp³-hybridized carbons (Fsp3) is 0.357. The lowest BCUT2D eigenvalue weighted by molar-refractivity contribution is 0.442. The predicted molar refractivity (Wildman–Crippen MR) is 80.2 cm³/mol. The van der Waals surface area contributed by atoms with E-state index in [0.29, 0.717) is 19.1 Å². The number of rotatable bonds is 5. The molecule has 1 aromatic carbocycles. The van der Waals surface area contributed by atoms with Gasteiger partial charge in [-0.15, -0.1) is 12.4 Å². The Hall–Kier alpha value is -1.72. The first-order valence-corrected chi connectivity index (χ1v) is 6.32. The molecular weight excluding hydrogens is 278 g/mol. The summed E-state index contributed by atoms with van der Waals surface area (Å²) in [7, 11) is 0. The molecule has 1 heterocycles. The molecule has 0 saturated carbocycles. The maximum atomic E-state index is 9.67. The highest BCUT2D eigenvalue weighted by Crippen LogP contribution is 2.22. The molecule has 5 nitrogen and oxygen atoms in total. The number of hydrogen-bond donors (Lipinski definition) is 3. The van der Waals surface area contributed by atoms with E-state index in [4.69, 9.17) is 0 Å². The van der Waals surface area contributed by atoms with E-state index in [2.05, 4.69) is 24.3 Å². The summed E-state index contributed by atoms with van der Waals surface area (Å²) in [5, 5.41) is 26.4. The molecule has 0 unspecified atom stereocenters. The van der Waals surface area contributed by atoms with Crippen molar-refractivity contribution in [3.8, 4) is 11.5 Å². The molecule has 1 aromatic heterocycles. The molecule has 0 aliphatic carbocycles. The van der Waals surface area contributed by atoms with E-state index < -0.39 is 0 Å². The molecule has 2 rings (SSSR count). The third kappa shape index (κ3) is 3.88. The summed E-state index contributed by atoms with van der Waals surface area (Å²) in [5.74, 6) is 0.170. The number of hydrogen-bond acceptors (Lipinski definition) is 4. The van der Waals surface area contributed by atoms with Gasteiger partial charge in [0.2, 0.25) is 0 Å². The molecule has 0 aliphatic heterocycles. The lowest BCUT2D eigenvalue weighted by atomic mass is 10.2. The van der Waals surface area contributed by atoms with E-state index in [0.717, 1.165) is 11.3 Å². The van der Waals surface area contributed by atoms with E-state index in [9.17, 15) is 10.2 Å². The fourth-order valence-corrected chi connectivity index (χ4v) is 1.97. The molecule has 0 atom stereocenters. The Labute approximate surface area is 124 Å². The van der Waals surface area contributed by atoms with Crippen LogP contribution in [0.1, 0.15) is 31.1 Å². The van der Waals surface area contributed by atoms with Crippen LogP contribution in [0.15, 0.2) is 30.5 Å². The van der Waals surface area contributed by atoms with Crippen LogP contribution in [0.4, 0.5) is 0 Å². The van der Waals surface area contributed by atoms with Crippen LogP contribution in [-0.4, -0.2) is 20.0 Å². The number of benzene rings is 1. The first-order chi connectivity index (χ1) is 9.08. The summed E-state index contributed by atoms with van der Waals surface area (Å²) in [6.45, 7) is 5.39. The van der Waals surface area contributed by atoms with Gasteiger partial charge in [0.1, 0.15) is 11.5 Å². The van der Waals surface area contributed by atoms with Crippen molar-refractivity contribution >= 4 is 12.4 Å². The number of nitrogens with zero attached hydrogens (tertiary/aromatic N) is 2. The highest BCUT2D eigenvalue weighted by atomic mass is 35.5. The second kappa shape index (κ2) is 7.17. The smallest absolute Gasteiger partial charge is 0.123 e. The number of nitrogens with one attached hydrogen (secondary N) is 1. The number of halogens is 1. The van der Waals surface area contributed by atoms with Crippen LogP contribution in [0.5, 0.6) is 11.5 Å². The highest BCUT2D eigenvalue weighted by Gasteiger charge is 2.06. The van der Waals surface area contributed by atoms with Crippen LogP contribution >= 0.6 is 12.4 Å². The fourth-order valence-electron chi connectivity index (χ4n) is 1.97. The van der Waals surface area contributed by atoms with E-state index >= 15 is 0 Å². The van der Waals surface area contributed by atoms with Gasteiger partial charge < -0.3 is 15.5 Å². The van der Waals surface area contributed by atoms with Crippen LogP contribution in [0.2, 0.25) is 0 Å². The van der Waals surface area contributed by atoms with Crippen molar-refractivity contribution in [2.75, 3.05) is 0 Å². The Bertz CT molecular complexity index is 555. The predicted octanol–water partition coefficient (Wildman–Crippen LogP) is 2.59. The maximum Gasteiger partial charge on any atom is 0.123 e.